The highest BCUT2D eigenvalue weighted by Crippen LogP contribution is 2.45. The summed E-state index contributed by atoms with van der Waals surface area (Å²) in [6, 6.07) is 5.79. The average molecular weight is 262 g/mol. The van der Waals surface area contributed by atoms with Crippen LogP contribution < -0.4 is 9.47 Å². The van der Waals surface area contributed by atoms with Gasteiger partial charge in [-0.15, -0.1) is 0 Å². The highest BCUT2D eigenvalue weighted by atomic mass is 16.6. The Morgan fingerprint density at radius 2 is 1.68 bits per heavy atom. The van der Waals surface area contributed by atoms with Crippen LogP contribution in [0.2, 0.25) is 0 Å². The van der Waals surface area contributed by atoms with Crippen molar-refractivity contribution < 1.29 is 19.3 Å². The summed E-state index contributed by atoms with van der Waals surface area (Å²) in [5.74, 6) is 1.52. The molecule has 1 N–H and O–H groups in total. The van der Waals surface area contributed by atoms with Crippen LogP contribution in [0, 0.1) is 0 Å². The van der Waals surface area contributed by atoms with Crippen molar-refractivity contribution in [3.8, 4) is 11.5 Å². The summed E-state index contributed by atoms with van der Waals surface area (Å²) >= 11 is 0. The van der Waals surface area contributed by atoms with Gasteiger partial charge in [0.1, 0.15) is 13.2 Å². The summed E-state index contributed by atoms with van der Waals surface area (Å²) in [7, 11) is 0. The second kappa shape index (κ2) is 4.12. The SMILES string of the molecule is OC1(c2ccc3c(c2)OCCO3)CC2CCC(C1)O2. The zero-order valence-corrected chi connectivity index (χ0v) is 10.8. The molecule has 2 unspecified atom stereocenters. The minimum absolute atomic E-state index is 0.206. The second-order valence-electron chi connectivity index (χ2n) is 5.76. The molecule has 4 rings (SSSR count). The third-order valence-corrected chi connectivity index (χ3v) is 4.41. The van der Waals surface area contributed by atoms with Crippen molar-refractivity contribution >= 4 is 0 Å². The molecule has 0 spiro atoms. The minimum Gasteiger partial charge on any atom is -0.486 e. The lowest BCUT2D eigenvalue weighted by atomic mass is 9.83. The molecule has 1 aromatic rings. The molecule has 3 heterocycles. The molecule has 3 aliphatic heterocycles. The van der Waals surface area contributed by atoms with Gasteiger partial charge in [0.15, 0.2) is 11.5 Å². The molecule has 2 atom stereocenters. The van der Waals surface area contributed by atoms with Crippen LogP contribution in [-0.2, 0) is 10.3 Å². The Morgan fingerprint density at radius 1 is 1.00 bits per heavy atom. The van der Waals surface area contributed by atoms with E-state index in [0.29, 0.717) is 26.1 Å². The Morgan fingerprint density at radius 3 is 2.42 bits per heavy atom. The van der Waals surface area contributed by atoms with Gasteiger partial charge in [0.2, 0.25) is 0 Å². The van der Waals surface area contributed by atoms with Crippen LogP contribution in [0.1, 0.15) is 31.2 Å². The quantitative estimate of drug-likeness (QED) is 0.840. The molecule has 4 heteroatoms. The summed E-state index contributed by atoms with van der Waals surface area (Å²) in [4.78, 5) is 0. The Labute approximate surface area is 112 Å². The number of aliphatic hydroxyl groups is 1. The van der Waals surface area contributed by atoms with E-state index in [4.69, 9.17) is 14.2 Å². The molecule has 0 amide bonds. The molecular weight excluding hydrogens is 244 g/mol. The predicted molar refractivity (Wildman–Crippen MR) is 68.5 cm³/mol. The molecule has 2 fully saturated rings. The molecule has 19 heavy (non-hydrogen) atoms. The second-order valence-corrected chi connectivity index (χ2v) is 5.76. The molecule has 0 aromatic heterocycles. The lowest BCUT2D eigenvalue weighted by Crippen LogP contribution is -2.38. The highest BCUT2D eigenvalue weighted by Gasteiger charge is 2.44. The maximum absolute atomic E-state index is 10.9. The maximum atomic E-state index is 10.9. The number of fused-ring (bicyclic) bond motifs is 3. The van der Waals surface area contributed by atoms with Crippen molar-refractivity contribution in [1.82, 2.24) is 0 Å². The van der Waals surface area contributed by atoms with Crippen LogP contribution in [0.25, 0.3) is 0 Å². The maximum Gasteiger partial charge on any atom is 0.161 e. The molecule has 0 aliphatic carbocycles. The van der Waals surface area contributed by atoms with Gasteiger partial charge in [-0.25, -0.2) is 0 Å². The van der Waals surface area contributed by atoms with Crippen LogP contribution in [0.5, 0.6) is 11.5 Å². The van der Waals surface area contributed by atoms with Gasteiger partial charge in [0, 0.05) is 12.8 Å². The van der Waals surface area contributed by atoms with Crippen molar-refractivity contribution in [3.63, 3.8) is 0 Å². The Balaban J connectivity index is 1.68. The number of hydrogen-bond acceptors (Lipinski definition) is 4. The summed E-state index contributed by atoms with van der Waals surface area (Å²) in [5, 5.41) is 10.9. The van der Waals surface area contributed by atoms with Crippen LogP contribution in [-0.4, -0.2) is 30.5 Å². The van der Waals surface area contributed by atoms with E-state index in [-0.39, 0.29) is 12.2 Å². The van der Waals surface area contributed by atoms with E-state index in [0.717, 1.165) is 29.9 Å². The molecule has 2 saturated heterocycles. The standard InChI is InChI=1S/C15H18O4/c16-15(8-11-2-3-12(9-15)19-11)10-1-4-13-14(7-10)18-6-5-17-13/h1,4,7,11-12,16H,2-3,5-6,8-9H2. The predicted octanol–water partition coefficient (Wildman–Crippen LogP) is 1.99. The van der Waals surface area contributed by atoms with Crippen molar-refractivity contribution in [3.05, 3.63) is 23.8 Å². The molecular formula is C15H18O4. The fourth-order valence-corrected chi connectivity index (χ4v) is 3.49. The van der Waals surface area contributed by atoms with Crippen molar-refractivity contribution in [2.45, 2.75) is 43.5 Å². The average Bonchev–Trinajstić information content (AvgIpc) is 2.78. The molecule has 102 valence electrons. The van der Waals surface area contributed by atoms with Gasteiger partial charge in [0.05, 0.1) is 17.8 Å². The number of ether oxygens (including phenoxy) is 3. The smallest absolute Gasteiger partial charge is 0.161 e. The summed E-state index contributed by atoms with van der Waals surface area (Å²) < 4.78 is 16.9. The van der Waals surface area contributed by atoms with Gasteiger partial charge in [-0.1, -0.05) is 6.07 Å². The van der Waals surface area contributed by atoms with E-state index >= 15 is 0 Å². The van der Waals surface area contributed by atoms with Gasteiger partial charge in [-0.3, -0.25) is 0 Å². The van der Waals surface area contributed by atoms with Gasteiger partial charge in [0.25, 0.3) is 0 Å². The number of benzene rings is 1. The van der Waals surface area contributed by atoms with Crippen molar-refractivity contribution in [2.75, 3.05) is 13.2 Å². The zero-order chi connectivity index (χ0) is 12.9. The number of hydrogen-bond donors (Lipinski definition) is 1. The molecule has 4 nitrogen and oxygen atoms in total. The van der Waals surface area contributed by atoms with Gasteiger partial charge in [-0.05, 0) is 30.5 Å². The van der Waals surface area contributed by atoms with E-state index in [1.165, 1.54) is 0 Å². The van der Waals surface area contributed by atoms with Crippen molar-refractivity contribution in [1.29, 1.82) is 0 Å². The molecule has 3 aliphatic rings. The van der Waals surface area contributed by atoms with Crippen LogP contribution >= 0.6 is 0 Å². The summed E-state index contributed by atoms with van der Waals surface area (Å²) in [6.07, 6.45) is 3.91. The van der Waals surface area contributed by atoms with E-state index in [9.17, 15) is 5.11 Å². The minimum atomic E-state index is -0.778. The van der Waals surface area contributed by atoms with Gasteiger partial charge in [-0.2, -0.15) is 0 Å². The summed E-state index contributed by atoms with van der Waals surface area (Å²) in [6.45, 7) is 1.16. The lowest BCUT2D eigenvalue weighted by Gasteiger charge is -2.37. The molecule has 0 saturated carbocycles. The fraction of sp³-hybridized carbons (Fsp3) is 0.600. The van der Waals surface area contributed by atoms with E-state index < -0.39 is 5.60 Å². The van der Waals surface area contributed by atoms with E-state index in [2.05, 4.69) is 0 Å². The first-order valence-corrected chi connectivity index (χ1v) is 7.01. The molecule has 0 radical (unpaired) electrons. The topological polar surface area (TPSA) is 47.9 Å². The van der Waals surface area contributed by atoms with Crippen LogP contribution in [0.4, 0.5) is 0 Å². The van der Waals surface area contributed by atoms with Crippen LogP contribution in [0.3, 0.4) is 0 Å². The monoisotopic (exact) mass is 262 g/mol. The molecule has 1 aromatic carbocycles. The highest BCUT2D eigenvalue weighted by molar-refractivity contribution is 5.45. The summed E-state index contributed by atoms with van der Waals surface area (Å²) in [5.41, 5.74) is 0.150. The molecule has 2 bridgehead atoms. The first-order valence-electron chi connectivity index (χ1n) is 7.01. The van der Waals surface area contributed by atoms with Crippen molar-refractivity contribution in [2.24, 2.45) is 0 Å². The largest absolute Gasteiger partial charge is 0.486 e. The Hall–Kier alpha value is -1.26. The fourth-order valence-electron chi connectivity index (χ4n) is 3.49. The lowest BCUT2D eigenvalue weighted by molar-refractivity contribution is -0.115. The van der Waals surface area contributed by atoms with Gasteiger partial charge < -0.3 is 19.3 Å². The van der Waals surface area contributed by atoms with E-state index in [1.54, 1.807) is 0 Å². The first kappa shape index (κ1) is 11.6. The normalized spacial score (nSPS) is 36.3. The van der Waals surface area contributed by atoms with Crippen LogP contribution in [0.15, 0.2) is 18.2 Å². The Bertz CT molecular complexity index is 487. The van der Waals surface area contributed by atoms with Gasteiger partial charge >= 0.3 is 0 Å². The third-order valence-electron chi connectivity index (χ3n) is 4.41. The Kier molecular flexibility index (Phi) is 2.50. The number of rotatable bonds is 1. The van der Waals surface area contributed by atoms with E-state index in [1.807, 2.05) is 18.2 Å². The first-order chi connectivity index (χ1) is 9.23. The third kappa shape index (κ3) is 1.90. The zero-order valence-electron chi connectivity index (χ0n) is 10.8.